The SMILES string of the molecule is CN(C(=O)CC(=O)Nc1ccc(F)cc1F)C1CCS(=O)(=O)C1. The third-order valence-electron chi connectivity index (χ3n) is 3.67. The second-order valence-electron chi connectivity index (χ2n) is 5.41. The van der Waals surface area contributed by atoms with Gasteiger partial charge >= 0.3 is 0 Å². The van der Waals surface area contributed by atoms with Crippen LogP contribution in [0.15, 0.2) is 18.2 Å². The number of carbonyl (C=O) groups excluding carboxylic acids is 2. The fourth-order valence-corrected chi connectivity index (χ4v) is 4.11. The van der Waals surface area contributed by atoms with E-state index in [1.54, 1.807) is 0 Å². The molecule has 2 amide bonds. The van der Waals surface area contributed by atoms with Gasteiger partial charge in [-0.25, -0.2) is 17.2 Å². The fraction of sp³-hybridized carbons (Fsp3) is 0.429. The van der Waals surface area contributed by atoms with E-state index >= 15 is 0 Å². The monoisotopic (exact) mass is 346 g/mol. The van der Waals surface area contributed by atoms with Crippen molar-refractivity contribution in [2.45, 2.75) is 18.9 Å². The number of amides is 2. The van der Waals surface area contributed by atoms with Gasteiger partial charge in [0.15, 0.2) is 9.84 Å². The van der Waals surface area contributed by atoms with E-state index in [-0.39, 0.29) is 17.2 Å². The number of hydrogen-bond acceptors (Lipinski definition) is 4. The minimum atomic E-state index is -3.14. The molecule has 0 bridgehead atoms. The van der Waals surface area contributed by atoms with E-state index in [0.29, 0.717) is 12.5 Å². The first-order chi connectivity index (χ1) is 10.7. The van der Waals surface area contributed by atoms with Crippen LogP contribution >= 0.6 is 0 Å². The lowest BCUT2D eigenvalue weighted by molar-refractivity contribution is -0.134. The Bertz CT molecular complexity index is 736. The molecule has 0 saturated carbocycles. The van der Waals surface area contributed by atoms with Gasteiger partial charge in [0.05, 0.1) is 17.2 Å². The third-order valence-corrected chi connectivity index (χ3v) is 5.42. The van der Waals surface area contributed by atoms with Crippen molar-refractivity contribution in [2.75, 3.05) is 23.9 Å². The van der Waals surface area contributed by atoms with Crippen LogP contribution in [-0.4, -0.2) is 49.7 Å². The summed E-state index contributed by atoms with van der Waals surface area (Å²) in [6.07, 6.45) is -0.220. The van der Waals surface area contributed by atoms with Crippen molar-refractivity contribution in [2.24, 2.45) is 0 Å². The molecule has 1 N–H and O–H groups in total. The van der Waals surface area contributed by atoms with Gasteiger partial charge in [-0.3, -0.25) is 9.59 Å². The number of nitrogens with zero attached hydrogens (tertiary/aromatic N) is 1. The molecule has 2 rings (SSSR count). The van der Waals surface area contributed by atoms with Gasteiger partial charge < -0.3 is 10.2 Å². The highest BCUT2D eigenvalue weighted by Gasteiger charge is 2.33. The van der Waals surface area contributed by atoms with Gasteiger partial charge in [-0.05, 0) is 18.6 Å². The van der Waals surface area contributed by atoms with Crippen molar-refractivity contribution < 1.29 is 26.8 Å². The molecule has 1 aliphatic heterocycles. The van der Waals surface area contributed by atoms with Gasteiger partial charge in [0.2, 0.25) is 11.8 Å². The van der Waals surface area contributed by atoms with Crippen LogP contribution < -0.4 is 5.32 Å². The lowest BCUT2D eigenvalue weighted by atomic mass is 10.2. The van der Waals surface area contributed by atoms with Crippen molar-refractivity contribution in [3.8, 4) is 0 Å². The van der Waals surface area contributed by atoms with E-state index in [1.807, 2.05) is 0 Å². The smallest absolute Gasteiger partial charge is 0.233 e. The van der Waals surface area contributed by atoms with Gasteiger partial charge in [0.25, 0.3) is 0 Å². The molecule has 1 aromatic carbocycles. The number of sulfone groups is 1. The zero-order chi connectivity index (χ0) is 17.2. The first kappa shape index (κ1) is 17.3. The Morgan fingerprint density at radius 3 is 2.61 bits per heavy atom. The quantitative estimate of drug-likeness (QED) is 0.823. The first-order valence-corrected chi connectivity index (χ1v) is 8.71. The van der Waals surface area contributed by atoms with Crippen LogP contribution in [0.5, 0.6) is 0 Å². The van der Waals surface area contributed by atoms with Gasteiger partial charge in [-0.1, -0.05) is 0 Å². The van der Waals surface area contributed by atoms with Gasteiger partial charge in [-0.2, -0.15) is 0 Å². The summed E-state index contributed by atoms with van der Waals surface area (Å²) in [5.41, 5.74) is -0.227. The van der Waals surface area contributed by atoms with Crippen LogP contribution in [0.3, 0.4) is 0 Å². The molecule has 9 heteroatoms. The third kappa shape index (κ3) is 4.47. The zero-order valence-corrected chi connectivity index (χ0v) is 13.2. The molecule has 0 aliphatic carbocycles. The van der Waals surface area contributed by atoms with Crippen LogP contribution in [0, 0.1) is 11.6 Å². The largest absolute Gasteiger partial charge is 0.341 e. The maximum atomic E-state index is 13.4. The Balaban J connectivity index is 1.93. The summed E-state index contributed by atoms with van der Waals surface area (Å²) in [6.45, 7) is 0. The number of hydrogen-bond donors (Lipinski definition) is 1. The van der Waals surface area contributed by atoms with Crippen molar-refractivity contribution in [1.82, 2.24) is 4.90 Å². The lowest BCUT2D eigenvalue weighted by Gasteiger charge is -2.23. The molecule has 126 valence electrons. The highest BCUT2D eigenvalue weighted by Crippen LogP contribution is 2.18. The molecule has 0 aromatic heterocycles. The summed E-state index contributed by atoms with van der Waals surface area (Å²) in [6, 6.07) is 2.20. The highest BCUT2D eigenvalue weighted by atomic mass is 32.2. The Morgan fingerprint density at radius 1 is 1.35 bits per heavy atom. The van der Waals surface area contributed by atoms with E-state index < -0.39 is 45.7 Å². The number of nitrogens with one attached hydrogen (secondary N) is 1. The first-order valence-electron chi connectivity index (χ1n) is 6.89. The second-order valence-corrected chi connectivity index (χ2v) is 7.64. The van der Waals surface area contributed by atoms with Gasteiger partial charge in [-0.15, -0.1) is 0 Å². The maximum Gasteiger partial charge on any atom is 0.233 e. The van der Waals surface area contributed by atoms with E-state index in [0.717, 1.165) is 12.1 Å². The number of halogens is 2. The predicted octanol–water partition coefficient (Wildman–Crippen LogP) is 0.939. The molecule has 1 atom stereocenters. The minimum Gasteiger partial charge on any atom is -0.341 e. The van der Waals surface area contributed by atoms with E-state index in [2.05, 4.69) is 5.32 Å². The predicted molar refractivity (Wildman–Crippen MR) is 79.4 cm³/mol. The molecule has 0 spiro atoms. The van der Waals surface area contributed by atoms with Crippen LogP contribution in [0.1, 0.15) is 12.8 Å². The molecule has 1 saturated heterocycles. The number of anilines is 1. The molecule has 1 unspecified atom stereocenters. The fourth-order valence-electron chi connectivity index (χ4n) is 2.33. The van der Waals surface area contributed by atoms with E-state index in [4.69, 9.17) is 0 Å². The van der Waals surface area contributed by atoms with Crippen LogP contribution in [0.25, 0.3) is 0 Å². The maximum absolute atomic E-state index is 13.4. The Kier molecular flexibility index (Phi) is 4.98. The summed E-state index contributed by atoms with van der Waals surface area (Å²) >= 11 is 0. The normalized spacial score (nSPS) is 19.3. The molecule has 1 heterocycles. The average Bonchev–Trinajstić information content (AvgIpc) is 2.81. The summed E-state index contributed by atoms with van der Waals surface area (Å²) < 4.78 is 49.0. The van der Waals surface area contributed by atoms with E-state index in [1.165, 1.54) is 11.9 Å². The average molecular weight is 346 g/mol. The molecule has 1 fully saturated rings. The van der Waals surface area contributed by atoms with Crippen molar-refractivity contribution in [3.63, 3.8) is 0 Å². The standard InChI is InChI=1S/C14H16F2N2O4S/c1-18(10-4-5-23(21,22)8-10)14(20)7-13(19)17-12-3-2-9(15)6-11(12)16/h2-3,6,10H,4-5,7-8H2,1H3,(H,17,19). The van der Waals surface area contributed by atoms with Crippen molar-refractivity contribution in [1.29, 1.82) is 0 Å². The Hall–Kier alpha value is -2.03. The topological polar surface area (TPSA) is 83.6 Å². The lowest BCUT2D eigenvalue weighted by Crippen LogP contribution is -2.39. The highest BCUT2D eigenvalue weighted by molar-refractivity contribution is 7.91. The summed E-state index contributed by atoms with van der Waals surface area (Å²) in [7, 11) is -1.71. The van der Waals surface area contributed by atoms with Crippen molar-refractivity contribution >= 4 is 27.3 Å². The van der Waals surface area contributed by atoms with Gasteiger partial charge in [0.1, 0.15) is 18.1 Å². The molecule has 6 nitrogen and oxygen atoms in total. The Morgan fingerprint density at radius 2 is 2.04 bits per heavy atom. The minimum absolute atomic E-state index is 0.0161. The molecular formula is C14H16F2N2O4S. The summed E-state index contributed by atoms with van der Waals surface area (Å²) in [5.74, 6) is -3.15. The Labute approximate surface area is 132 Å². The molecule has 23 heavy (non-hydrogen) atoms. The molecule has 1 aromatic rings. The summed E-state index contributed by atoms with van der Waals surface area (Å²) in [4.78, 5) is 25.0. The van der Waals surface area contributed by atoms with Crippen molar-refractivity contribution in [3.05, 3.63) is 29.8 Å². The van der Waals surface area contributed by atoms with Crippen LogP contribution in [-0.2, 0) is 19.4 Å². The number of rotatable bonds is 4. The number of benzene rings is 1. The summed E-state index contributed by atoms with van der Waals surface area (Å²) in [5, 5.41) is 2.18. The van der Waals surface area contributed by atoms with Crippen LogP contribution in [0.4, 0.5) is 14.5 Å². The van der Waals surface area contributed by atoms with Crippen LogP contribution in [0.2, 0.25) is 0 Å². The second kappa shape index (κ2) is 6.61. The zero-order valence-electron chi connectivity index (χ0n) is 12.4. The molecule has 0 radical (unpaired) electrons. The molecular weight excluding hydrogens is 330 g/mol. The molecule has 1 aliphatic rings. The van der Waals surface area contributed by atoms with Gasteiger partial charge in [0, 0.05) is 19.2 Å². The number of carbonyl (C=O) groups is 2. The van der Waals surface area contributed by atoms with E-state index in [9.17, 15) is 26.8 Å².